The number of piperidine rings is 1. The summed E-state index contributed by atoms with van der Waals surface area (Å²) in [4.78, 5) is 5.03. The Morgan fingerprint density at radius 3 is 2.68 bits per heavy atom. The number of anilines is 1. The fourth-order valence-electron chi connectivity index (χ4n) is 3.45. The van der Waals surface area contributed by atoms with Crippen LogP contribution in [-0.4, -0.2) is 56.1 Å². The molecule has 1 fully saturated rings. The lowest BCUT2D eigenvalue weighted by molar-refractivity contribution is 0.140. The van der Waals surface area contributed by atoms with Gasteiger partial charge >= 0.3 is 0 Å². The Kier molecular flexibility index (Phi) is 3.76. The van der Waals surface area contributed by atoms with E-state index in [-0.39, 0.29) is 0 Å². The average Bonchev–Trinajstić information content (AvgIpc) is 2.83. The van der Waals surface area contributed by atoms with Gasteiger partial charge in [-0.25, -0.2) is 0 Å². The van der Waals surface area contributed by atoms with E-state index >= 15 is 0 Å². The number of benzene rings is 1. The summed E-state index contributed by atoms with van der Waals surface area (Å²) in [5, 5.41) is 3.53. The third kappa shape index (κ3) is 2.77. The van der Waals surface area contributed by atoms with Crippen LogP contribution in [0.5, 0.6) is 0 Å². The zero-order valence-corrected chi connectivity index (χ0v) is 12.1. The summed E-state index contributed by atoms with van der Waals surface area (Å²) in [5.41, 5.74) is 2.85. The van der Waals surface area contributed by atoms with Gasteiger partial charge in [0.05, 0.1) is 0 Å². The number of para-hydroxylation sites is 1. The molecule has 0 saturated carbocycles. The van der Waals surface area contributed by atoms with Gasteiger partial charge in [-0.15, -0.1) is 0 Å². The highest BCUT2D eigenvalue weighted by molar-refractivity contribution is 5.57. The molecule has 1 N–H and O–H groups in total. The second kappa shape index (κ2) is 5.51. The molecule has 0 amide bonds. The molecule has 3 nitrogen and oxygen atoms in total. The van der Waals surface area contributed by atoms with Crippen molar-refractivity contribution in [1.82, 2.24) is 9.80 Å². The number of hydrogen-bond acceptors (Lipinski definition) is 3. The van der Waals surface area contributed by atoms with Gasteiger partial charge in [0.15, 0.2) is 0 Å². The highest BCUT2D eigenvalue weighted by Gasteiger charge is 2.26. The molecule has 0 aromatic heterocycles. The van der Waals surface area contributed by atoms with Crippen LogP contribution in [0.25, 0.3) is 0 Å². The van der Waals surface area contributed by atoms with Crippen LogP contribution in [0.2, 0.25) is 0 Å². The fraction of sp³-hybridized carbons (Fsp3) is 0.625. The molecule has 104 valence electrons. The summed E-state index contributed by atoms with van der Waals surface area (Å²) >= 11 is 0. The molecular formula is C16H25N3. The van der Waals surface area contributed by atoms with Crippen LogP contribution in [0, 0.1) is 0 Å². The third-order valence-corrected chi connectivity index (χ3v) is 4.71. The van der Waals surface area contributed by atoms with Crippen LogP contribution in [0.1, 0.15) is 24.3 Å². The van der Waals surface area contributed by atoms with Crippen molar-refractivity contribution in [3.8, 4) is 0 Å². The van der Waals surface area contributed by atoms with Crippen LogP contribution in [-0.2, 0) is 0 Å². The van der Waals surface area contributed by atoms with Gasteiger partial charge in [-0.05, 0) is 51.7 Å². The Balaban J connectivity index is 1.57. The molecule has 1 unspecified atom stereocenters. The van der Waals surface area contributed by atoms with Gasteiger partial charge in [0.25, 0.3) is 0 Å². The van der Waals surface area contributed by atoms with Crippen LogP contribution in [0.15, 0.2) is 24.3 Å². The van der Waals surface area contributed by atoms with E-state index in [0.29, 0.717) is 5.92 Å². The molecule has 0 aliphatic carbocycles. The first-order valence-corrected chi connectivity index (χ1v) is 7.45. The van der Waals surface area contributed by atoms with E-state index in [1.807, 2.05) is 0 Å². The minimum absolute atomic E-state index is 0.673. The van der Waals surface area contributed by atoms with Crippen molar-refractivity contribution in [3.05, 3.63) is 29.8 Å². The maximum Gasteiger partial charge on any atom is 0.0376 e. The summed E-state index contributed by atoms with van der Waals surface area (Å²) in [6, 6.07) is 9.55. The zero-order chi connectivity index (χ0) is 13.2. The second-order valence-electron chi connectivity index (χ2n) is 6.16. The average molecular weight is 259 g/mol. The van der Waals surface area contributed by atoms with Crippen molar-refractivity contribution >= 4 is 5.69 Å². The molecule has 1 aromatic carbocycles. The highest BCUT2D eigenvalue weighted by atomic mass is 15.2. The summed E-state index contributed by atoms with van der Waals surface area (Å²) < 4.78 is 0. The van der Waals surface area contributed by atoms with Crippen LogP contribution in [0.3, 0.4) is 0 Å². The van der Waals surface area contributed by atoms with Crippen molar-refractivity contribution in [2.45, 2.75) is 24.8 Å². The van der Waals surface area contributed by atoms with E-state index in [1.165, 1.54) is 43.7 Å². The smallest absolute Gasteiger partial charge is 0.0376 e. The Morgan fingerprint density at radius 2 is 1.95 bits per heavy atom. The summed E-state index contributed by atoms with van der Waals surface area (Å²) in [5.74, 6) is 0.673. The summed E-state index contributed by atoms with van der Waals surface area (Å²) in [7, 11) is 4.41. The zero-order valence-electron chi connectivity index (χ0n) is 12.1. The SMILES string of the molecule is CN(C)C1CCN(CC2CNc3ccccc32)CC1. The number of rotatable bonds is 3. The number of likely N-dealkylation sites (tertiary alicyclic amines) is 1. The molecule has 0 radical (unpaired) electrons. The Morgan fingerprint density at radius 1 is 1.21 bits per heavy atom. The van der Waals surface area contributed by atoms with Gasteiger partial charge < -0.3 is 15.1 Å². The Labute approximate surface area is 116 Å². The minimum atomic E-state index is 0.673. The molecule has 1 saturated heterocycles. The molecule has 0 bridgehead atoms. The molecule has 2 heterocycles. The van der Waals surface area contributed by atoms with Gasteiger partial charge in [-0.3, -0.25) is 0 Å². The molecule has 0 spiro atoms. The predicted molar refractivity (Wildman–Crippen MR) is 80.8 cm³/mol. The summed E-state index contributed by atoms with van der Waals surface area (Å²) in [6.07, 6.45) is 2.63. The molecule has 1 atom stereocenters. The van der Waals surface area contributed by atoms with Crippen molar-refractivity contribution in [1.29, 1.82) is 0 Å². The van der Waals surface area contributed by atoms with E-state index in [1.54, 1.807) is 0 Å². The van der Waals surface area contributed by atoms with E-state index in [2.05, 4.69) is 53.5 Å². The van der Waals surface area contributed by atoms with Crippen molar-refractivity contribution in [2.24, 2.45) is 0 Å². The van der Waals surface area contributed by atoms with Crippen LogP contribution in [0.4, 0.5) is 5.69 Å². The largest absolute Gasteiger partial charge is 0.384 e. The first-order valence-electron chi connectivity index (χ1n) is 7.45. The molecule has 2 aliphatic rings. The monoisotopic (exact) mass is 259 g/mol. The van der Waals surface area contributed by atoms with Crippen molar-refractivity contribution < 1.29 is 0 Å². The van der Waals surface area contributed by atoms with Gasteiger partial charge in [0.1, 0.15) is 0 Å². The van der Waals surface area contributed by atoms with Gasteiger partial charge in [-0.2, -0.15) is 0 Å². The highest BCUT2D eigenvalue weighted by Crippen LogP contribution is 2.32. The van der Waals surface area contributed by atoms with Crippen molar-refractivity contribution in [2.75, 3.05) is 45.6 Å². The number of hydrogen-bond donors (Lipinski definition) is 1. The predicted octanol–water partition coefficient (Wildman–Crippen LogP) is 2.22. The molecule has 3 heteroatoms. The second-order valence-corrected chi connectivity index (χ2v) is 6.16. The summed E-state index contributed by atoms with van der Waals surface area (Å²) in [6.45, 7) is 4.82. The van der Waals surface area contributed by atoms with Gasteiger partial charge in [0.2, 0.25) is 0 Å². The normalized spacial score (nSPS) is 24.5. The quantitative estimate of drug-likeness (QED) is 0.898. The molecule has 1 aromatic rings. The number of fused-ring (bicyclic) bond motifs is 1. The van der Waals surface area contributed by atoms with Crippen molar-refractivity contribution in [3.63, 3.8) is 0 Å². The number of nitrogens with zero attached hydrogens (tertiary/aromatic N) is 2. The molecular weight excluding hydrogens is 234 g/mol. The first kappa shape index (κ1) is 12.9. The lowest BCUT2D eigenvalue weighted by Gasteiger charge is -2.36. The molecule has 3 rings (SSSR count). The maximum absolute atomic E-state index is 3.53. The van der Waals surface area contributed by atoms with E-state index in [4.69, 9.17) is 0 Å². The lowest BCUT2D eigenvalue weighted by atomic mass is 9.98. The fourth-order valence-corrected chi connectivity index (χ4v) is 3.45. The van der Waals surface area contributed by atoms with E-state index < -0.39 is 0 Å². The topological polar surface area (TPSA) is 18.5 Å². The molecule has 2 aliphatic heterocycles. The van der Waals surface area contributed by atoms with E-state index in [0.717, 1.165) is 12.6 Å². The van der Waals surface area contributed by atoms with Gasteiger partial charge in [-0.1, -0.05) is 18.2 Å². The standard InChI is InChI=1S/C16H25N3/c1-18(2)14-7-9-19(10-8-14)12-13-11-17-16-6-4-3-5-15(13)16/h3-6,13-14,17H,7-12H2,1-2H3. The van der Waals surface area contributed by atoms with E-state index in [9.17, 15) is 0 Å². The van der Waals surface area contributed by atoms with Gasteiger partial charge in [0, 0.05) is 30.7 Å². The Hall–Kier alpha value is -1.06. The minimum Gasteiger partial charge on any atom is -0.384 e. The molecule has 19 heavy (non-hydrogen) atoms. The van der Waals surface area contributed by atoms with Crippen LogP contribution >= 0.6 is 0 Å². The lowest BCUT2D eigenvalue weighted by Crippen LogP contribution is -2.43. The maximum atomic E-state index is 3.53. The number of nitrogens with one attached hydrogen (secondary N) is 1. The first-order chi connectivity index (χ1) is 9.24. The van der Waals surface area contributed by atoms with Crippen LogP contribution < -0.4 is 5.32 Å². The Bertz CT molecular complexity index is 422. The third-order valence-electron chi connectivity index (χ3n) is 4.71.